The first kappa shape index (κ1) is 19.0. The van der Waals surface area contributed by atoms with Gasteiger partial charge in [-0.1, -0.05) is 24.2 Å². The molecule has 146 valence electrons. The minimum atomic E-state index is -4.44. The van der Waals surface area contributed by atoms with Crippen molar-refractivity contribution < 1.29 is 13.2 Å². The van der Waals surface area contributed by atoms with Crippen molar-refractivity contribution in [2.24, 2.45) is 0 Å². The van der Waals surface area contributed by atoms with E-state index in [0.29, 0.717) is 17.1 Å². The molecule has 1 aromatic carbocycles. The summed E-state index contributed by atoms with van der Waals surface area (Å²) in [5, 5.41) is 1.80. The van der Waals surface area contributed by atoms with Crippen molar-refractivity contribution in [1.82, 2.24) is 14.5 Å². The average molecular weight is 406 g/mol. The van der Waals surface area contributed by atoms with E-state index in [-0.39, 0.29) is 0 Å². The Morgan fingerprint density at radius 1 is 1.25 bits per heavy atom. The van der Waals surface area contributed by atoms with E-state index < -0.39 is 11.9 Å². The number of fused-ring (bicyclic) bond motifs is 3. The third kappa shape index (κ3) is 3.42. The summed E-state index contributed by atoms with van der Waals surface area (Å²) >= 11 is 6.22. The van der Waals surface area contributed by atoms with Gasteiger partial charge in [0.05, 0.1) is 0 Å². The summed E-state index contributed by atoms with van der Waals surface area (Å²) in [7, 11) is 2.09. The van der Waals surface area contributed by atoms with Gasteiger partial charge in [0, 0.05) is 53.9 Å². The largest absolute Gasteiger partial charge is 0.433 e. The van der Waals surface area contributed by atoms with Gasteiger partial charge in [0.2, 0.25) is 0 Å². The topological polar surface area (TPSA) is 21.1 Å². The Hall–Kier alpha value is -2.31. The van der Waals surface area contributed by atoms with Crippen LogP contribution in [0.3, 0.4) is 0 Å². The van der Waals surface area contributed by atoms with Gasteiger partial charge in [-0.05, 0) is 48.0 Å². The summed E-state index contributed by atoms with van der Waals surface area (Å²) in [5.41, 5.74) is 3.97. The lowest BCUT2D eigenvalue weighted by atomic mass is 10.0. The fourth-order valence-corrected chi connectivity index (χ4v) is 3.96. The van der Waals surface area contributed by atoms with Gasteiger partial charge in [0.25, 0.3) is 0 Å². The molecule has 0 bridgehead atoms. The molecule has 0 aliphatic carbocycles. The number of aromatic nitrogens is 2. The number of nitrogens with zero attached hydrogens (tertiary/aromatic N) is 3. The molecular weight excluding hydrogens is 387 g/mol. The first-order chi connectivity index (χ1) is 13.2. The van der Waals surface area contributed by atoms with Gasteiger partial charge < -0.3 is 9.47 Å². The maximum Gasteiger partial charge on any atom is 0.433 e. The fourth-order valence-electron chi connectivity index (χ4n) is 3.79. The molecule has 0 saturated carbocycles. The van der Waals surface area contributed by atoms with Crippen LogP contribution >= 0.6 is 11.6 Å². The normalized spacial score (nSPS) is 15.0. The van der Waals surface area contributed by atoms with Crippen LogP contribution in [0.1, 0.15) is 22.5 Å². The van der Waals surface area contributed by atoms with Gasteiger partial charge in [0.1, 0.15) is 5.69 Å². The molecule has 7 heteroatoms. The molecule has 0 unspecified atom stereocenters. The molecule has 0 fully saturated rings. The summed E-state index contributed by atoms with van der Waals surface area (Å²) in [6.45, 7) is 6.38. The third-order valence-electron chi connectivity index (χ3n) is 5.22. The van der Waals surface area contributed by atoms with Crippen LogP contribution in [0.5, 0.6) is 0 Å². The van der Waals surface area contributed by atoms with Crippen molar-refractivity contribution in [1.29, 1.82) is 0 Å². The number of pyridine rings is 1. The minimum Gasteiger partial charge on any atom is -0.340 e. The number of alkyl halides is 3. The van der Waals surface area contributed by atoms with Crippen LogP contribution in [0.25, 0.3) is 16.5 Å². The van der Waals surface area contributed by atoms with Crippen molar-refractivity contribution in [2.75, 3.05) is 13.6 Å². The zero-order valence-electron chi connectivity index (χ0n) is 15.4. The van der Waals surface area contributed by atoms with Gasteiger partial charge in [0.15, 0.2) is 0 Å². The molecule has 0 saturated heterocycles. The maximum absolute atomic E-state index is 12.7. The molecule has 3 heterocycles. The highest BCUT2D eigenvalue weighted by Gasteiger charge is 2.32. The van der Waals surface area contributed by atoms with Crippen LogP contribution in [0.2, 0.25) is 5.02 Å². The molecule has 1 aliphatic heterocycles. The van der Waals surface area contributed by atoms with Crippen molar-refractivity contribution in [3.63, 3.8) is 0 Å². The van der Waals surface area contributed by atoms with Crippen molar-refractivity contribution >= 4 is 28.1 Å². The molecule has 3 nitrogen and oxygen atoms in total. The Morgan fingerprint density at radius 3 is 2.71 bits per heavy atom. The van der Waals surface area contributed by atoms with E-state index >= 15 is 0 Å². The van der Waals surface area contributed by atoms with E-state index in [1.165, 1.54) is 23.5 Å². The smallest absolute Gasteiger partial charge is 0.340 e. The summed E-state index contributed by atoms with van der Waals surface area (Å²) in [6.07, 6.45) is -2.30. The SMILES string of the molecule is C=C(Cn1c2c(c3cc(Cl)ccc31)CN(C)CC2)c1ccc(C(F)(F)F)nc1. The molecule has 0 radical (unpaired) electrons. The Balaban J connectivity index is 1.71. The fraction of sp³-hybridized carbons (Fsp3) is 0.286. The highest BCUT2D eigenvalue weighted by Crippen LogP contribution is 2.34. The zero-order chi connectivity index (χ0) is 20.1. The van der Waals surface area contributed by atoms with E-state index in [9.17, 15) is 13.2 Å². The molecule has 0 atom stereocenters. The van der Waals surface area contributed by atoms with Crippen LogP contribution in [0.15, 0.2) is 43.1 Å². The lowest BCUT2D eigenvalue weighted by Crippen LogP contribution is -2.27. The van der Waals surface area contributed by atoms with Crippen LogP contribution in [0, 0.1) is 0 Å². The number of likely N-dealkylation sites (N-methyl/N-ethyl adjacent to an activating group) is 1. The van der Waals surface area contributed by atoms with Crippen molar-refractivity contribution in [2.45, 2.75) is 25.7 Å². The predicted molar refractivity (Wildman–Crippen MR) is 105 cm³/mol. The number of halogens is 4. The average Bonchev–Trinajstić information content (AvgIpc) is 2.93. The summed E-state index contributed by atoms with van der Waals surface area (Å²) in [5.74, 6) is 0. The summed E-state index contributed by atoms with van der Waals surface area (Å²) in [4.78, 5) is 5.82. The van der Waals surface area contributed by atoms with Gasteiger partial charge in [-0.2, -0.15) is 13.2 Å². The van der Waals surface area contributed by atoms with Crippen LogP contribution < -0.4 is 0 Å². The first-order valence-electron chi connectivity index (χ1n) is 8.93. The van der Waals surface area contributed by atoms with Gasteiger partial charge in [-0.3, -0.25) is 4.98 Å². The highest BCUT2D eigenvalue weighted by molar-refractivity contribution is 6.31. The van der Waals surface area contributed by atoms with Gasteiger partial charge in [-0.15, -0.1) is 0 Å². The second kappa shape index (κ2) is 6.94. The minimum absolute atomic E-state index is 0.490. The lowest BCUT2D eigenvalue weighted by Gasteiger charge is -2.24. The zero-order valence-corrected chi connectivity index (χ0v) is 16.1. The standard InChI is InChI=1S/C21H19ClF3N3/c1-13(14-3-6-20(26-10-14)21(23,24)25)11-28-18-5-4-15(22)9-16(18)17-12-27(2)8-7-19(17)28/h3-6,9-10H,1,7-8,11-12H2,2H3. The second-order valence-electron chi connectivity index (χ2n) is 7.19. The molecule has 0 N–H and O–H groups in total. The van der Waals surface area contributed by atoms with Crippen LogP contribution in [0.4, 0.5) is 13.2 Å². The first-order valence-corrected chi connectivity index (χ1v) is 9.31. The second-order valence-corrected chi connectivity index (χ2v) is 7.63. The van der Waals surface area contributed by atoms with Crippen LogP contribution in [-0.4, -0.2) is 28.0 Å². The predicted octanol–water partition coefficient (Wildman–Crippen LogP) is 5.41. The van der Waals surface area contributed by atoms with E-state index in [4.69, 9.17) is 11.6 Å². The van der Waals surface area contributed by atoms with Crippen molar-refractivity contribution in [3.8, 4) is 0 Å². The monoisotopic (exact) mass is 405 g/mol. The molecule has 0 spiro atoms. The van der Waals surface area contributed by atoms with Gasteiger partial charge in [-0.25, -0.2) is 0 Å². The van der Waals surface area contributed by atoms with E-state index in [1.54, 1.807) is 0 Å². The quantitative estimate of drug-likeness (QED) is 0.581. The van der Waals surface area contributed by atoms with Crippen LogP contribution in [-0.2, 0) is 25.7 Å². The van der Waals surface area contributed by atoms with Gasteiger partial charge >= 0.3 is 6.18 Å². The Labute approximate surface area is 166 Å². The number of rotatable bonds is 3. The number of hydrogen-bond donors (Lipinski definition) is 0. The lowest BCUT2D eigenvalue weighted by molar-refractivity contribution is -0.141. The van der Waals surface area contributed by atoms with E-state index in [1.807, 2.05) is 18.2 Å². The Morgan fingerprint density at radius 2 is 2.04 bits per heavy atom. The number of hydrogen-bond acceptors (Lipinski definition) is 2. The number of allylic oxidation sites excluding steroid dienone is 1. The maximum atomic E-state index is 12.7. The molecule has 4 rings (SSSR count). The summed E-state index contributed by atoms with van der Waals surface area (Å²) < 4.78 is 40.5. The molecule has 2 aromatic heterocycles. The highest BCUT2D eigenvalue weighted by atomic mass is 35.5. The Kier molecular flexibility index (Phi) is 4.71. The van der Waals surface area contributed by atoms with E-state index in [0.717, 1.165) is 42.1 Å². The molecule has 28 heavy (non-hydrogen) atoms. The molecule has 0 amide bonds. The number of benzene rings is 1. The van der Waals surface area contributed by atoms with Crippen molar-refractivity contribution in [3.05, 3.63) is 70.6 Å². The molecular formula is C21H19ClF3N3. The third-order valence-corrected chi connectivity index (χ3v) is 5.45. The summed E-state index contributed by atoms with van der Waals surface area (Å²) in [6, 6.07) is 8.26. The Bertz CT molecular complexity index is 1050. The molecule has 3 aromatic rings. The molecule has 1 aliphatic rings. The van der Waals surface area contributed by atoms with E-state index in [2.05, 4.69) is 28.1 Å².